The maximum absolute atomic E-state index is 12.6. The number of hydrogen-bond acceptors (Lipinski definition) is 3. The Morgan fingerprint density at radius 2 is 1.92 bits per heavy atom. The zero-order chi connectivity index (χ0) is 18.4. The van der Waals surface area contributed by atoms with Gasteiger partial charge in [-0.2, -0.15) is 0 Å². The van der Waals surface area contributed by atoms with E-state index in [4.69, 9.17) is 4.74 Å². The Morgan fingerprint density at radius 3 is 2.62 bits per heavy atom. The van der Waals surface area contributed by atoms with Crippen LogP contribution in [-0.4, -0.2) is 43.0 Å². The van der Waals surface area contributed by atoms with Crippen LogP contribution in [0.2, 0.25) is 0 Å². The van der Waals surface area contributed by atoms with Crippen LogP contribution in [0.25, 0.3) is 0 Å². The van der Waals surface area contributed by atoms with Gasteiger partial charge in [-0.05, 0) is 38.2 Å². The van der Waals surface area contributed by atoms with Crippen LogP contribution in [0.4, 0.5) is 0 Å². The van der Waals surface area contributed by atoms with Crippen LogP contribution in [0.3, 0.4) is 0 Å². The summed E-state index contributed by atoms with van der Waals surface area (Å²) in [4.78, 5) is 26.8. The number of benzene rings is 1. The molecule has 1 unspecified atom stereocenters. The number of allylic oxidation sites excluding steroid dienone is 2. The first-order valence-corrected chi connectivity index (χ1v) is 9.52. The third-order valence-corrected chi connectivity index (χ3v) is 5.37. The fourth-order valence-corrected chi connectivity index (χ4v) is 3.75. The highest BCUT2D eigenvalue weighted by atomic mass is 16.5. The second kappa shape index (κ2) is 8.88. The molecule has 0 spiro atoms. The van der Waals surface area contributed by atoms with Gasteiger partial charge in [-0.3, -0.25) is 9.59 Å². The molecule has 5 heteroatoms. The van der Waals surface area contributed by atoms with E-state index in [0.717, 1.165) is 43.4 Å². The molecular formula is C21H28N2O3. The summed E-state index contributed by atoms with van der Waals surface area (Å²) < 4.78 is 5.33. The lowest BCUT2D eigenvalue weighted by Crippen LogP contribution is -2.48. The monoisotopic (exact) mass is 356 g/mol. The number of nitrogens with one attached hydrogen (secondary N) is 1. The van der Waals surface area contributed by atoms with Gasteiger partial charge < -0.3 is 15.0 Å². The summed E-state index contributed by atoms with van der Waals surface area (Å²) in [6.45, 7) is 1.40. The zero-order valence-electron chi connectivity index (χ0n) is 15.4. The molecule has 1 aliphatic carbocycles. The van der Waals surface area contributed by atoms with Crippen molar-refractivity contribution in [1.82, 2.24) is 10.2 Å². The Bertz CT molecular complexity index is 663. The molecule has 1 saturated heterocycles. The molecule has 0 saturated carbocycles. The van der Waals surface area contributed by atoms with Crippen LogP contribution in [0, 0.1) is 5.92 Å². The Morgan fingerprint density at radius 1 is 1.15 bits per heavy atom. The first kappa shape index (κ1) is 18.5. The molecule has 3 rings (SSSR count). The van der Waals surface area contributed by atoms with E-state index >= 15 is 0 Å². The summed E-state index contributed by atoms with van der Waals surface area (Å²) in [5.41, 5.74) is 0.917. The number of carbonyl (C=O) groups excluding carboxylic acids is 2. The highest BCUT2D eigenvalue weighted by molar-refractivity contribution is 5.80. The minimum atomic E-state index is 0.116. The number of likely N-dealkylation sites (tertiary alicyclic amines) is 1. The van der Waals surface area contributed by atoms with Crippen molar-refractivity contribution in [3.63, 3.8) is 0 Å². The first-order chi connectivity index (χ1) is 12.7. The molecule has 1 heterocycles. The van der Waals surface area contributed by atoms with Crippen molar-refractivity contribution in [2.75, 3.05) is 20.2 Å². The van der Waals surface area contributed by atoms with E-state index in [2.05, 4.69) is 17.5 Å². The topological polar surface area (TPSA) is 58.6 Å². The van der Waals surface area contributed by atoms with E-state index in [0.29, 0.717) is 19.5 Å². The summed E-state index contributed by atoms with van der Waals surface area (Å²) in [7, 11) is 1.62. The molecule has 140 valence electrons. The van der Waals surface area contributed by atoms with Gasteiger partial charge in [0, 0.05) is 30.6 Å². The van der Waals surface area contributed by atoms with E-state index in [9.17, 15) is 9.59 Å². The lowest BCUT2D eigenvalue weighted by Gasteiger charge is -2.33. The van der Waals surface area contributed by atoms with Crippen LogP contribution in [0.1, 0.15) is 37.7 Å². The van der Waals surface area contributed by atoms with Crippen LogP contribution < -0.4 is 10.1 Å². The van der Waals surface area contributed by atoms with Crippen molar-refractivity contribution in [2.45, 2.75) is 44.6 Å². The largest absolute Gasteiger partial charge is 0.496 e. The van der Waals surface area contributed by atoms with Crippen molar-refractivity contribution in [3.8, 4) is 5.75 Å². The van der Waals surface area contributed by atoms with E-state index < -0.39 is 0 Å². The predicted molar refractivity (Wildman–Crippen MR) is 101 cm³/mol. The van der Waals surface area contributed by atoms with Gasteiger partial charge in [0.05, 0.1) is 13.5 Å². The molecule has 1 N–H and O–H groups in total. The first-order valence-electron chi connectivity index (χ1n) is 9.52. The number of hydrogen-bond donors (Lipinski definition) is 1. The summed E-state index contributed by atoms with van der Waals surface area (Å²) in [5, 5.41) is 3.19. The molecular weight excluding hydrogens is 328 g/mol. The van der Waals surface area contributed by atoms with Crippen LogP contribution >= 0.6 is 0 Å². The highest BCUT2D eigenvalue weighted by Gasteiger charge is 2.26. The number of nitrogens with zero attached hydrogens (tertiary/aromatic N) is 1. The molecule has 1 atom stereocenters. The third-order valence-electron chi connectivity index (χ3n) is 5.37. The van der Waals surface area contributed by atoms with Gasteiger partial charge in [-0.15, -0.1) is 0 Å². The number of carbonyl (C=O) groups is 2. The maximum Gasteiger partial charge on any atom is 0.227 e. The van der Waals surface area contributed by atoms with Crippen molar-refractivity contribution in [1.29, 1.82) is 0 Å². The standard InChI is InChI=1S/C21H28N2O3/c1-26-19-10-6-5-9-17(19)15-20(24)23-13-11-18(12-14-23)22-21(25)16-7-3-2-4-8-16/h2-3,5-6,9-10,16,18H,4,7-8,11-15H2,1H3,(H,22,25). The van der Waals surface area contributed by atoms with Gasteiger partial charge in [0.25, 0.3) is 0 Å². The average molecular weight is 356 g/mol. The fourth-order valence-electron chi connectivity index (χ4n) is 3.75. The van der Waals surface area contributed by atoms with Gasteiger partial charge in [0.1, 0.15) is 5.75 Å². The minimum Gasteiger partial charge on any atom is -0.496 e. The second-order valence-corrected chi connectivity index (χ2v) is 7.13. The fraction of sp³-hybridized carbons (Fsp3) is 0.524. The summed E-state index contributed by atoms with van der Waals surface area (Å²) in [6, 6.07) is 7.83. The van der Waals surface area contributed by atoms with Crippen LogP contribution in [0.15, 0.2) is 36.4 Å². The van der Waals surface area contributed by atoms with Crippen LogP contribution in [-0.2, 0) is 16.0 Å². The van der Waals surface area contributed by atoms with Crippen LogP contribution in [0.5, 0.6) is 5.75 Å². The van der Waals surface area contributed by atoms with Crippen molar-refractivity contribution in [3.05, 3.63) is 42.0 Å². The Balaban J connectivity index is 1.46. The number of rotatable bonds is 5. The van der Waals surface area contributed by atoms with Crippen molar-refractivity contribution >= 4 is 11.8 Å². The molecule has 1 fully saturated rings. The molecule has 5 nitrogen and oxygen atoms in total. The van der Waals surface area contributed by atoms with E-state index in [1.165, 1.54) is 0 Å². The lowest BCUT2D eigenvalue weighted by atomic mass is 9.93. The smallest absolute Gasteiger partial charge is 0.227 e. The van der Waals surface area contributed by atoms with E-state index in [1.54, 1.807) is 7.11 Å². The van der Waals surface area contributed by atoms with E-state index in [-0.39, 0.29) is 23.8 Å². The zero-order valence-corrected chi connectivity index (χ0v) is 15.4. The average Bonchev–Trinajstić information content (AvgIpc) is 2.69. The Hall–Kier alpha value is -2.30. The maximum atomic E-state index is 12.6. The quantitative estimate of drug-likeness (QED) is 0.825. The number of ether oxygens (including phenoxy) is 1. The van der Waals surface area contributed by atoms with Gasteiger partial charge in [-0.25, -0.2) is 0 Å². The molecule has 2 aliphatic rings. The second-order valence-electron chi connectivity index (χ2n) is 7.13. The molecule has 1 aromatic rings. The lowest BCUT2D eigenvalue weighted by molar-refractivity contribution is -0.131. The molecule has 0 aromatic heterocycles. The molecule has 26 heavy (non-hydrogen) atoms. The third kappa shape index (κ3) is 4.65. The van der Waals surface area contributed by atoms with Gasteiger partial charge in [-0.1, -0.05) is 30.4 Å². The molecule has 2 amide bonds. The number of methoxy groups -OCH3 is 1. The summed E-state index contributed by atoms with van der Waals surface area (Å²) >= 11 is 0. The summed E-state index contributed by atoms with van der Waals surface area (Å²) in [5.74, 6) is 1.17. The molecule has 1 aromatic carbocycles. The Labute approximate surface area is 155 Å². The molecule has 0 bridgehead atoms. The minimum absolute atomic E-state index is 0.116. The number of para-hydroxylation sites is 1. The van der Waals surface area contributed by atoms with Gasteiger partial charge in [0.15, 0.2) is 0 Å². The predicted octanol–water partition coefficient (Wildman–Crippen LogP) is 2.70. The molecule has 0 radical (unpaired) electrons. The SMILES string of the molecule is COc1ccccc1CC(=O)N1CCC(NC(=O)C2CC=CCC2)CC1. The number of amides is 2. The summed E-state index contributed by atoms with van der Waals surface area (Å²) in [6.07, 6.45) is 9.05. The van der Waals surface area contributed by atoms with Gasteiger partial charge >= 0.3 is 0 Å². The van der Waals surface area contributed by atoms with E-state index in [1.807, 2.05) is 29.2 Å². The Kier molecular flexibility index (Phi) is 6.31. The number of piperidine rings is 1. The highest BCUT2D eigenvalue weighted by Crippen LogP contribution is 2.21. The van der Waals surface area contributed by atoms with Crippen molar-refractivity contribution < 1.29 is 14.3 Å². The van der Waals surface area contributed by atoms with Gasteiger partial charge in [0.2, 0.25) is 11.8 Å². The van der Waals surface area contributed by atoms with Crippen molar-refractivity contribution in [2.24, 2.45) is 5.92 Å². The molecule has 1 aliphatic heterocycles. The normalized spacial score (nSPS) is 20.7.